The fraction of sp³-hybridized carbons (Fsp3) is 0.818. The summed E-state index contributed by atoms with van der Waals surface area (Å²) in [6, 6.07) is 0. The van der Waals surface area contributed by atoms with Gasteiger partial charge in [0, 0.05) is 5.92 Å². The van der Waals surface area contributed by atoms with E-state index in [0.29, 0.717) is 0 Å². The monoisotopic (exact) mass is 295 g/mol. The Morgan fingerprint density at radius 1 is 1.31 bits per heavy atom. The van der Waals surface area contributed by atoms with E-state index in [-0.39, 0.29) is 24.0 Å². The van der Waals surface area contributed by atoms with Crippen LogP contribution in [0.2, 0.25) is 0 Å². The molecule has 1 saturated carbocycles. The third-order valence-electron chi connectivity index (χ3n) is 2.65. The summed E-state index contributed by atoms with van der Waals surface area (Å²) in [4.78, 5) is 0. The number of nitrogens with zero attached hydrogens (tertiary/aromatic N) is 1. The van der Waals surface area contributed by atoms with Crippen LogP contribution in [0.25, 0.3) is 0 Å². The fourth-order valence-electron chi connectivity index (χ4n) is 2.03. The van der Waals surface area contributed by atoms with Crippen LogP contribution >= 0.6 is 0 Å². The molecule has 1 atom stereocenters. The summed E-state index contributed by atoms with van der Waals surface area (Å²) in [6.07, 6.45) is 5.41. The van der Waals surface area contributed by atoms with Crippen molar-refractivity contribution in [1.29, 1.82) is 0 Å². The Bertz CT molecular complexity index is 169. The molecule has 0 aromatic heterocycles. The van der Waals surface area contributed by atoms with Crippen molar-refractivity contribution in [2.75, 3.05) is 27.7 Å². The molecule has 0 N–H and O–H groups in total. The summed E-state index contributed by atoms with van der Waals surface area (Å²) in [6.45, 7) is 5.43. The SMILES string of the molecule is C=C1CCCCC1C[N+](C)(C)C.[I-]. The van der Waals surface area contributed by atoms with Crippen LogP contribution < -0.4 is 24.0 Å². The Morgan fingerprint density at radius 3 is 2.38 bits per heavy atom. The van der Waals surface area contributed by atoms with Gasteiger partial charge in [0.2, 0.25) is 0 Å². The number of halogens is 1. The van der Waals surface area contributed by atoms with Crippen LogP contribution in [-0.2, 0) is 0 Å². The second kappa shape index (κ2) is 5.35. The third kappa shape index (κ3) is 5.01. The van der Waals surface area contributed by atoms with E-state index in [0.717, 1.165) is 10.4 Å². The molecule has 1 fully saturated rings. The van der Waals surface area contributed by atoms with E-state index in [1.54, 1.807) is 0 Å². The van der Waals surface area contributed by atoms with Crippen LogP contribution in [0, 0.1) is 5.92 Å². The molecular weight excluding hydrogens is 273 g/mol. The molecule has 0 aromatic rings. The molecule has 13 heavy (non-hydrogen) atoms. The molecule has 0 aromatic carbocycles. The molecule has 0 spiro atoms. The smallest absolute Gasteiger partial charge is 0.0846 e. The topological polar surface area (TPSA) is 0 Å². The zero-order chi connectivity index (χ0) is 9.19. The zero-order valence-corrected chi connectivity index (χ0v) is 11.3. The molecule has 1 rings (SSSR count). The number of hydrogen-bond donors (Lipinski definition) is 0. The summed E-state index contributed by atoms with van der Waals surface area (Å²) in [5.41, 5.74) is 1.49. The van der Waals surface area contributed by atoms with Crippen molar-refractivity contribution in [1.82, 2.24) is 0 Å². The van der Waals surface area contributed by atoms with Gasteiger partial charge in [-0.25, -0.2) is 0 Å². The first kappa shape index (κ1) is 13.4. The van der Waals surface area contributed by atoms with Gasteiger partial charge in [0.1, 0.15) is 0 Å². The molecule has 2 heteroatoms. The van der Waals surface area contributed by atoms with Gasteiger partial charge in [0.15, 0.2) is 0 Å². The normalized spacial score (nSPS) is 23.9. The lowest BCUT2D eigenvalue weighted by Crippen LogP contribution is -3.00. The van der Waals surface area contributed by atoms with Crippen LogP contribution in [0.3, 0.4) is 0 Å². The number of rotatable bonds is 2. The van der Waals surface area contributed by atoms with E-state index in [2.05, 4.69) is 27.7 Å². The van der Waals surface area contributed by atoms with Crippen molar-refractivity contribution >= 4 is 0 Å². The van der Waals surface area contributed by atoms with Gasteiger partial charge in [-0.1, -0.05) is 18.6 Å². The molecule has 1 unspecified atom stereocenters. The molecule has 1 aliphatic carbocycles. The summed E-state index contributed by atoms with van der Waals surface area (Å²) in [5.74, 6) is 0.791. The highest BCUT2D eigenvalue weighted by Crippen LogP contribution is 2.28. The van der Waals surface area contributed by atoms with Gasteiger partial charge in [-0.2, -0.15) is 0 Å². The van der Waals surface area contributed by atoms with Crippen molar-refractivity contribution < 1.29 is 28.5 Å². The number of hydrogen-bond acceptors (Lipinski definition) is 0. The highest BCUT2D eigenvalue weighted by atomic mass is 127. The quantitative estimate of drug-likeness (QED) is 0.364. The maximum absolute atomic E-state index is 4.17. The largest absolute Gasteiger partial charge is 1.00 e. The first-order chi connectivity index (χ1) is 5.49. The van der Waals surface area contributed by atoms with Crippen LogP contribution in [0.1, 0.15) is 25.7 Å². The first-order valence-corrected chi connectivity index (χ1v) is 4.97. The average molecular weight is 295 g/mol. The van der Waals surface area contributed by atoms with E-state index >= 15 is 0 Å². The van der Waals surface area contributed by atoms with Gasteiger partial charge in [-0.05, 0) is 19.3 Å². The molecule has 78 valence electrons. The van der Waals surface area contributed by atoms with Gasteiger partial charge in [0.25, 0.3) is 0 Å². The molecule has 0 heterocycles. The Hall–Kier alpha value is 0.430. The lowest BCUT2D eigenvalue weighted by molar-refractivity contribution is -0.873. The summed E-state index contributed by atoms with van der Waals surface area (Å²) < 4.78 is 1.07. The highest BCUT2D eigenvalue weighted by Gasteiger charge is 2.22. The van der Waals surface area contributed by atoms with Gasteiger partial charge in [-0.3, -0.25) is 0 Å². The van der Waals surface area contributed by atoms with Crippen molar-refractivity contribution in [3.05, 3.63) is 12.2 Å². The van der Waals surface area contributed by atoms with Crippen LogP contribution in [0.4, 0.5) is 0 Å². The van der Waals surface area contributed by atoms with E-state index in [4.69, 9.17) is 0 Å². The van der Waals surface area contributed by atoms with E-state index in [9.17, 15) is 0 Å². The van der Waals surface area contributed by atoms with Gasteiger partial charge >= 0.3 is 0 Å². The van der Waals surface area contributed by atoms with Crippen LogP contribution in [-0.4, -0.2) is 32.2 Å². The van der Waals surface area contributed by atoms with E-state index in [1.165, 1.54) is 37.8 Å². The predicted molar refractivity (Wildman–Crippen MR) is 54.0 cm³/mol. The lowest BCUT2D eigenvalue weighted by Gasteiger charge is -2.32. The molecule has 0 aliphatic heterocycles. The fourth-order valence-corrected chi connectivity index (χ4v) is 2.03. The Balaban J connectivity index is 0.00000144. The minimum absolute atomic E-state index is 0. The zero-order valence-electron chi connectivity index (χ0n) is 9.15. The van der Waals surface area contributed by atoms with Crippen molar-refractivity contribution in [2.45, 2.75) is 25.7 Å². The number of quaternary nitrogens is 1. The van der Waals surface area contributed by atoms with Crippen molar-refractivity contribution in [2.24, 2.45) is 5.92 Å². The van der Waals surface area contributed by atoms with Crippen molar-refractivity contribution in [3.8, 4) is 0 Å². The Kier molecular flexibility index (Phi) is 5.52. The Morgan fingerprint density at radius 2 is 1.92 bits per heavy atom. The second-order valence-corrected chi connectivity index (χ2v) is 5.07. The third-order valence-corrected chi connectivity index (χ3v) is 2.65. The van der Waals surface area contributed by atoms with Crippen LogP contribution in [0.15, 0.2) is 12.2 Å². The molecule has 0 amide bonds. The van der Waals surface area contributed by atoms with E-state index in [1.807, 2.05) is 0 Å². The van der Waals surface area contributed by atoms with Gasteiger partial charge in [-0.15, -0.1) is 0 Å². The molecular formula is C11H22IN. The Labute approximate surface area is 99.8 Å². The molecule has 0 bridgehead atoms. The van der Waals surface area contributed by atoms with Gasteiger partial charge < -0.3 is 28.5 Å². The second-order valence-electron chi connectivity index (χ2n) is 5.07. The summed E-state index contributed by atoms with van der Waals surface area (Å²) >= 11 is 0. The minimum Gasteiger partial charge on any atom is -1.00 e. The average Bonchev–Trinajstić information content (AvgIpc) is 1.91. The van der Waals surface area contributed by atoms with Crippen molar-refractivity contribution in [3.63, 3.8) is 0 Å². The van der Waals surface area contributed by atoms with Crippen LogP contribution in [0.5, 0.6) is 0 Å². The minimum atomic E-state index is 0. The lowest BCUT2D eigenvalue weighted by atomic mass is 9.85. The van der Waals surface area contributed by atoms with E-state index < -0.39 is 0 Å². The maximum Gasteiger partial charge on any atom is 0.0846 e. The molecule has 1 aliphatic rings. The highest BCUT2D eigenvalue weighted by molar-refractivity contribution is 5.03. The molecule has 0 saturated heterocycles. The standard InChI is InChI=1S/C11H22N.HI/c1-10-7-5-6-8-11(10)9-12(2,3)4;/h11H,1,5-9H2,2-4H3;1H/q+1;/p-1. The molecule has 0 radical (unpaired) electrons. The summed E-state index contributed by atoms with van der Waals surface area (Å²) in [5, 5.41) is 0. The van der Waals surface area contributed by atoms with Gasteiger partial charge in [0.05, 0.1) is 27.7 Å². The first-order valence-electron chi connectivity index (χ1n) is 4.97. The predicted octanol–water partition coefficient (Wildman–Crippen LogP) is -0.557. The molecule has 1 nitrogen and oxygen atoms in total. The summed E-state index contributed by atoms with van der Waals surface area (Å²) in [7, 11) is 6.80. The maximum atomic E-state index is 4.17.